The molecule has 1 saturated heterocycles. The Morgan fingerprint density at radius 3 is 2.89 bits per heavy atom. The Kier molecular flexibility index (Phi) is 4.56. The van der Waals surface area contributed by atoms with Crippen LogP contribution in [0.5, 0.6) is 0 Å². The summed E-state index contributed by atoms with van der Waals surface area (Å²) in [5.41, 5.74) is 2.55. The number of rotatable bonds is 5. The molecule has 0 aliphatic carbocycles. The van der Waals surface area contributed by atoms with E-state index in [1.54, 1.807) is 12.1 Å². The molecule has 0 radical (unpaired) electrons. The van der Waals surface area contributed by atoms with E-state index < -0.39 is 5.97 Å². The largest absolute Gasteiger partial charge is 0.478 e. The first-order chi connectivity index (χ1) is 9.06. The van der Waals surface area contributed by atoms with Gasteiger partial charge in [0.25, 0.3) is 0 Å². The van der Waals surface area contributed by atoms with Gasteiger partial charge in [0.05, 0.1) is 11.7 Å². The zero-order valence-electron chi connectivity index (χ0n) is 11.6. The average molecular weight is 263 g/mol. The highest BCUT2D eigenvalue weighted by atomic mass is 16.5. The molecule has 1 atom stereocenters. The first-order valence-electron chi connectivity index (χ1n) is 6.69. The molecule has 1 aromatic rings. The van der Waals surface area contributed by atoms with Crippen LogP contribution in [-0.4, -0.2) is 42.3 Å². The van der Waals surface area contributed by atoms with E-state index in [4.69, 9.17) is 9.84 Å². The molecule has 0 amide bonds. The maximum absolute atomic E-state index is 10.9. The number of carboxylic acids is 1. The lowest BCUT2D eigenvalue weighted by atomic mass is 10.0. The standard InChI is InChI=1S/C15H21NO3/c1-11-8-12(15(17)18)5-6-13(11)9-16(2)10-14-4-3-7-19-14/h5-6,8,14H,3-4,7,9-10H2,1-2H3,(H,17,18). The smallest absolute Gasteiger partial charge is 0.335 e. The summed E-state index contributed by atoms with van der Waals surface area (Å²) in [5, 5.41) is 8.94. The normalized spacial score (nSPS) is 19.0. The van der Waals surface area contributed by atoms with Crippen LogP contribution >= 0.6 is 0 Å². The third kappa shape index (κ3) is 3.78. The Labute approximate surface area is 114 Å². The minimum atomic E-state index is -0.873. The van der Waals surface area contributed by atoms with Crippen molar-refractivity contribution in [3.05, 3.63) is 34.9 Å². The highest BCUT2D eigenvalue weighted by Gasteiger charge is 2.17. The second kappa shape index (κ2) is 6.17. The van der Waals surface area contributed by atoms with Crippen LogP contribution in [0.1, 0.15) is 34.3 Å². The van der Waals surface area contributed by atoms with Crippen molar-refractivity contribution in [2.75, 3.05) is 20.2 Å². The molecule has 1 heterocycles. The fourth-order valence-corrected chi connectivity index (χ4v) is 2.50. The van der Waals surface area contributed by atoms with Crippen LogP contribution in [0.25, 0.3) is 0 Å². The van der Waals surface area contributed by atoms with Crippen molar-refractivity contribution in [1.82, 2.24) is 4.90 Å². The number of aromatic carboxylic acids is 1. The zero-order chi connectivity index (χ0) is 13.8. The average Bonchev–Trinajstić information content (AvgIpc) is 2.84. The summed E-state index contributed by atoms with van der Waals surface area (Å²) in [5.74, 6) is -0.873. The lowest BCUT2D eigenvalue weighted by molar-refractivity contribution is 0.0696. The highest BCUT2D eigenvalue weighted by Crippen LogP contribution is 2.16. The van der Waals surface area contributed by atoms with Crippen LogP contribution in [0, 0.1) is 6.92 Å². The second-order valence-electron chi connectivity index (χ2n) is 5.28. The van der Waals surface area contributed by atoms with Gasteiger partial charge in [-0.3, -0.25) is 4.90 Å². The number of hydrogen-bond donors (Lipinski definition) is 1. The van der Waals surface area contributed by atoms with Gasteiger partial charge in [-0.05, 0) is 50.1 Å². The van der Waals surface area contributed by atoms with Gasteiger partial charge in [-0.15, -0.1) is 0 Å². The summed E-state index contributed by atoms with van der Waals surface area (Å²) in [4.78, 5) is 13.1. The number of ether oxygens (including phenoxy) is 1. The van der Waals surface area contributed by atoms with E-state index >= 15 is 0 Å². The van der Waals surface area contributed by atoms with E-state index in [0.29, 0.717) is 11.7 Å². The quantitative estimate of drug-likeness (QED) is 0.885. The number of benzene rings is 1. The van der Waals surface area contributed by atoms with Crippen molar-refractivity contribution in [3.8, 4) is 0 Å². The van der Waals surface area contributed by atoms with Gasteiger partial charge in [-0.1, -0.05) is 6.07 Å². The molecule has 104 valence electrons. The molecule has 2 rings (SSSR count). The van der Waals surface area contributed by atoms with E-state index in [2.05, 4.69) is 11.9 Å². The molecule has 0 bridgehead atoms. The summed E-state index contributed by atoms with van der Waals surface area (Å²) in [6, 6.07) is 5.31. The minimum Gasteiger partial charge on any atom is -0.478 e. The van der Waals surface area contributed by atoms with Crippen molar-refractivity contribution >= 4 is 5.97 Å². The van der Waals surface area contributed by atoms with Crippen molar-refractivity contribution in [2.45, 2.75) is 32.4 Å². The molecule has 1 aliphatic rings. The highest BCUT2D eigenvalue weighted by molar-refractivity contribution is 5.87. The molecule has 4 nitrogen and oxygen atoms in total. The number of carboxylic acid groups (broad SMARTS) is 1. The minimum absolute atomic E-state index is 0.350. The molecule has 0 aromatic heterocycles. The molecule has 1 unspecified atom stereocenters. The lowest BCUT2D eigenvalue weighted by Crippen LogP contribution is -2.28. The molecule has 4 heteroatoms. The lowest BCUT2D eigenvalue weighted by Gasteiger charge is -2.21. The van der Waals surface area contributed by atoms with E-state index in [9.17, 15) is 4.79 Å². The van der Waals surface area contributed by atoms with E-state index in [-0.39, 0.29) is 0 Å². The third-order valence-corrected chi connectivity index (χ3v) is 3.57. The van der Waals surface area contributed by atoms with Crippen LogP contribution in [-0.2, 0) is 11.3 Å². The molecular formula is C15H21NO3. The van der Waals surface area contributed by atoms with Gasteiger partial charge in [-0.25, -0.2) is 4.79 Å². The fraction of sp³-hybridized carbons (Fsp3) is 0.533. The topological polar surface area (TPSA) is 49.8 Å². The molecule has 1 aromatic carbocycles. The molecule has 1 aliphatic heterocycles. The molecule has 1 fully saturated rings. The van der Waals surface area contributed by atoms with Gasteiger partial charge in [-0.2, -0.15) is 0 Å². The Morgan fingerprint density at radius 2 is 2.32 bits per heavy atom. The van der Waals surface area contributed by atoms with Crippen LogP contribution in [0.15, 0.2) is 18.2 Å². The number of likely N-dealkylation sites (N-methyl/N-ethyl adjacent to an activating group) is 1. The third-order valence-electron chi connectivity index (χ3n) is 3.57. The van der Waals surface area contributed by atoms with Gasteiger partial charge in [0, 0.05) is 19.7 Å². The van der Waals surface area contributed by atoms with Gasteiger partial charge in [0.1, 0.15) is 0 Å². The fourth-order valence-electron chi connectivity index (χ4n) is 2.50. The van der Waals surface area contributed by atoms with E-state index in [1.165, 1.54) is 5.56 Å². The first-order valence-corrected chi connectivity index (χ1v) is 6.69. The van der Waals surface area contributed by atoms with Gasteiger partial charge in [0.2, 0.25) is 0 Å². The predicted octanol–water partition coefficient (Wildman–Crippen LogP) is 2.30. The molecule has 1 N–H and O–H groups in total. The van der Waals surface area contributed by atoms with Gasteiger partial charge < -0.3 is 9.84 Å². The zero-order valence-corrected chi connectivity index (χ0v) is 11.6. The summed E-state index contributed by atoms with van der Waals surface area (Å²) >= 11 is 0. The summed E-state index contributed by atoms with van der Waals surface area (Å²) in [7, 11) is 2.08. The maximum Gasteiger partial charge on any atom is 0.335 e. The Balaban J connectivity index is 1.96. The number of hydrogen-bond acceptors (Lipinski definition) is 3. The van der Waals surface area contributed by atoms with Crippen LogP contribution in [0.2, 0.25) is 0 Å². The predicted molar refractivity (Wildman–Crippen MR) is 73.4 cm³/mol. The van der Waals surface area contributed by atoms with Crippen molar-refractivity contribution in [2.24, 2.45) is 0 Å². The summed E-state index contributed by atoms with van der Waals surface area (Å²) in [6.07, 6.45) is 2.65. The molecular weight excluding hydrogens is 242 g/mol. The van der Waals surface area contributed by atoms with Crippen molar-refractivity contribution in [3.63, 3.8) is 0 Å². The van der Waals surface area contributed by atoms with Crippen molar-refractivity contribution in [1.29, 1.82) is 0 Å². The van der Waals surface area contributed by atoms with Crippen LogP contribution in [0.3, 0.4) is 0 Å². The van der Waals surface area contributed by atoms with Gasteiger partial charge >= 0.3 is 5.97 Å². The number of nitrogens with zero attached hydrogens (tertiary/aromatic N) is 1. The van der Waals surface area contributed by atoms with E-state index in [0.717, 1.165) is 38.1 Å². The Hall–Kier alpha value is -1.39. The number of aryl methyl sites for hydroxylation is 1. The van der Waals surface area contributed by atoms with E-state index in [1.807, 2.05) is 13.0 Å². The Bertz CT molecular complexity index is 453. The van der Waals surface area contributed by atoms with Crippen LogP contribution in [0.4, 0.5) is 0 Å². The Morgan fingerprint density at radius 1 is 1.53 bits per heavy atom. The first kappa shape index (κ1) is 14.0. The molecule has 0 saturated carbocycles. The molecule has 0 spiro atoms. The SMILES string of the molecule is Cc1cc(C(=O)O)ccc1CN(C)CC1CCCO1. The molecule has 19 heavy (non-hydrogen) atoms. The van der Waals surface area contributed by atoms with Crippen LogP contribution < -0.4 is 0 Å². The number of carbonyl (C=O) groups is 1. The summed E-state index contributed by atoms with van der Waals surface area (Å²) in [6.45, 7) is 4.60. The van der Waals surface area contributed by atoms with Gasteiger partial charge in [0.15, 0.2) is 0 Å². The summed E-state index contributed by atoms with van der Waals surface area (Å²) < 4.78 is 5.62. The van der Waals surface area contributed by atoms with Crippen molar-refractivity contribution < 1.29 is 14.6 Å². The second-order valence-corrected chi connectivity index (χ2v) is 5.28. The monoisotopic (exact) mass is 263 g/mol. The maximum atomic E-state index is 10.9.